The van der Waals surface area contributed by atoms with Crippen LogP contribution in [0.25, 0.3) is 0 Å². The van der Waals surface area contributed by atoms with Crippen LogP contribution in [0.4, 0.5) is 0 Å². The predicted molar refractivity (Wildman–Crippen MR) is 73.8 cm³/mol. The minimum atomic E-state index is -0.239. The highest BCUT2D eigenvalue weighted by atomic mass is 32.1. The standard InChI is InChI=1S/C13H14N2O3S/c1-8-11(19-13(17)15-8)12(16)14-7-9-3-5-10(18-2)6-4-9/h3-6H,7H2,1-2H3,(H,14,16)(H,15,17). The fraction of sp³-hybridized carbons (Fsp3) is 0.231. The van der Waals surface area contributed by atoms with Crippen molar-refractivity contribution in [3.63, 3.8) is 0 Å². The zero-order valence-electron chi connectivity index (χ0n) is 10.6. The van der Waals surface area contributed by atoms with E-state index in [1.807, 2.05) is 24.3 Å². The highest BCUT2D eigenvalue weighted by molar-refractivity contribution is 7.11. The maximum atomic E-state index is 11.9. The molecule has 0 aliphatic rings. The zero-order chi connectivity index (χ0) is 13.8. The normalized spacial score (nSPS) is 10.2. The summed E-state index contributed by atoms with van der Waals surface area (Å²) in [5.41, 5.74) is 1.57. The number of aromatic amines is 1. The topological polar surface area (TPSA) is 71.2 Å². The van der Waals surface area contributed by atoms with E-state index < -0.39 is 0 Å². The van der Waals surface area contributed by atoms with Gasteiger partial charge in [0, 0.05) is 12.2 Å². The number of ether oxygens (including phenoxy) is 1. The second-order valence-electron chi connectivity index (χ2n) is 4.00. The van der Waals surface area contributed by atoms with Gasteiger partial charge in [0.05, 0.1) is 7.11 Å². The van der Waals surface area contributed by atoms with Crippen molar-refractivity contribution in [1.82, 2.24) is 10.3 Å². The number of methoxy groups -OCH3 is 1. The van der Waals surface area contributed by atoms with Crippen LogP contribution in [0.3, 0.4) is 0 Å². The summed E-state index contributed by atoms with van der Waals surface area (Å²) < 4.78 is 5.06. The maximum absolute atomic E-state index is 11.9. The number of nitrogens with one attached hydrogen (secondary N) is 2. The number of hydrogen-bond acceptors (Lipinski definition) is 4. The minimum absolute atomic E-state index is 0.216. The second-order valence-corrected chi connectivity index (χ2v) is 4.98. The van der Waals surface area contributed by atoms with Crippen molar-refractivity contribution in [2.24, 2.45) is 0 Å². The smallest absolute Gasteiger partial charge is 0.305 e. The molecule has 0 fully saturated rings. The molecule has 100 valence electrons. The van der Waals surface area contributed by atoms with Crippen molar-refractivity contribution in [3.05, 3.63) is 50.1 Å². The van der Waals surface area contributed by atoms with Crippen molar-refractivity contribution < 1.29 is 9.53 Å². The summed E-state index contributed by atoms with van der Waals surface area (Å²) in [7, 11) is 1.60. The fourth-order valence-corrected chi connectivity index (χ4v) is 2.39. The molecule has 5 nitrogen and oxygen atoms in total. The molecule has 1 amide bonds. The molecule has 0 aliphatic heterocycles. The Morgan fingerprint density at radius 3 is 2.58 bits per heavy atom. The van der Waals surface area contributed by atoms with Crippen LogP contribution in [0.1, 0.15) is 20.9 Å². The number of benzene rings is 1. The number of carbonyl (C=O) groups excluding carboxylic acids is 1. The number of amides is 1. The monoisotopic (exact) mass is 278 g/mol. The Kier molecular flexibility index (Phi) is 4.01. The number of aryl methyl sites for hydroxylation is 1. The Hall–Kier alpha value is -2.08. The van der Waals surface area contributed by atoms with Gasteiger partial charge in [0.2, 0.25) is 0 Å². The molecule has 2 rings (SSSR count). The molecule has 19 heavy (non-hydrogen) atoms. The van der Waals surface area contributed by atoms with Crippen LogP contribution >= 0.6 is 11.3 Å². The molecule has 0 saturated carbocycles. The van der Waals surface area contributed by atoms with Gasteiger partial charge >= 0.3 is 4.87 Å². The summed E-state index contributed by atoms with van der Waals surface area (Å²) in [6, 6.07) is 7.43. The summed E-state index contributed by atoms with van der Waals surface area (Å²) >= 11 is 0.921. The van der Waals surface area contributed by atoms with Gasteiger partial charge in [-0.2, -0.15) is 0 Å². The quantitative estimate of drug-likeness (QED) is 0.894. The van der Waals surface area contributed by atoms with E-state index in [1.165, 1.54) is 0 Å². The van der Waals surface area contributed by atoms with E-state index in [1.54, 1.807) is 14.0 Å². The Balaban J connectivity index is 2.00. The minimum Gasteiger partial charge on any atom is -0.497 e. The average Bonchev–Trinajstić information content (AvgIpc) is 2.75. The molecule has 0 spiro atoms. The van der Waals surface area contributed by atoms with Crippen molar-refractivity contribution >= 4 is 17.2 Å². The highest BCUT2D eigenvalue weighted by Crippen LogP contribution is 2.12. The van der Waals surface area contributed by atoms with E-state index in [-0.39, 0.29) is 10.8 Å². The van der Waals surface area contributed by atoms with Crippen LogP contribution in [0.2, 0.25) is 0 Å². The Morgan fingerprint density at radius 1 is 1.37 bits per heavy atom. The molecule has 1 aromatic carbocycles. The number of aromatic nitrogens is 1. The largest absolute Gasteiger partial charge is 0.497 e. The summed E-state index contributed by atoms with van der Waals surface area (Å²) in [6.07, 6.45) is 0. The van der Waals surface area contributed by atoms with Gasteiger partial charge < -0.3 is 15.0 Å². The van der Waals surface area contributed by atoms with Crippen LogP contribution in [0.15, 0.2) is 29.1 Å². The van der Waals surface area contributed by atoms with E-state index in [0.717, 1.165) is 22.6 Å². The van der Waals surface area contributed by atoms with E-state index in [2.05, 4.69) is 10.3 Å². The molecule has 0 atom stereocenters. The van der Waals surface area contributed by atoms with Crippen LogP contribution in [0.5, 0.6) is 5.75 Å². The first-order valence-corrected chi connectivity index (χ1v) is 6.52. The van der Waals surface area contributed by atoms with E-state index >= 15 is 0 Å². The van der Waals surface area contributed by atoms with E-state index in [0.29, 0.717) is 17.1 Å². The predicted octanol–water partition coefficient (Wildman–Crippen LogP) is 1.68. The van der Waals surface area contributed by atoms with Crippen molar-refractivity contribution in [3.8, 4) is 5.75 Å². The fourth-order valence-electron chi connectivity index (χ4n) is 1.63. The Morgan fingerprint density at radius 2 is 2.05 bits per heavy atom. The van der Waals surface area contributed by atoms with E-state index in [9.17, 15) is 9.59 Å². The Labute approximate surface area is 114 Å². The second kappa shape index (κ2) is 5.71. The third-order valence-electron chi connectivity index (χ3n) is 2.64. The number of rotatable bonds is 4. The molecule has 1 aromatic heterocycles. The lowest BCUT2D eigenvalue weighted by Crippen LogP contribution is -2.22. The summed E-state index contributed by atoms with van der Waals surface area (Å²) in [5, 5.41) is 2.78. The number of hydrogen-bond donors (Lipinski definition) is 2. The first-order valence-electron chi connectivity index (χ1n) is 5.71. The molecule has 0 radical (unpaired) electrons. The van der Waals surface area contributed by atoms with Gasteiger partial charge in [-0.3, -0.25) is 9.59 Å². The lowest BCUT2D eigenvalue weighted by atomic mass is 10.2. The molecular formula is C13H14N2O3S. The molecule has 1 heterocycles. The van der Waals surface area contributed by atoms with Crippen molar-refractivity contribution in [2.75, 3.05) is 7.11 Å². The molecule has 0 aliphatic carbocycles. The van der Waals surface area contributed by atoms with Crippen molar-refractivity contribution in [1.29, 1.82) is 0 Å². The molecule has 2 N–H and O–H groups in total. The van der Waals surface area contributed by atoms with E-state index in [4.69, 9.17) is 4.74 Å². The van der Waals surface area contributed by atoms with Gasteiger partial charge in [0.15, 0.2) is 0 Å². The van der Waals surface area contributed by atoms with Gasteiger partial charge in [0.25, 0.3) is 5.91 Å². The Bertz CT molecular complexity index is 628. The van der Waals surface area contributed by atoms with Gasteiger partial charge in [-0.15, -0.1) is 0 Å². The summed E-state index contributed by atoms with van der Waals surface area (Å²) in [6.45, 7) is 2.12. The van der Waals surface area contributed by atoms with Gasteiger partial charge in [-0.25, -0.2) is 0 Å². The molecule has 2 aromatic rings. The molecule has 0 unspecified atom stereocenters. The SMILES string of the molecule is COc1ccc(CNC(=O)c2sc(=O)[nH]c2C)cc1. The first kappa shape index (κ1) is 13.4. The van der Waals surface area contributed by atoms with Gasteiger partial charge in [-0.05, 0) is 24.6 Å². The maximum Gasteiger partial charge on any atom is 0.305 e. The van der Waals surface area contributed by atoms with Crippen LogP contribution in [0, 0.1) is 6.92 Å². The van der Waals surface area contributed by atoms with Crippen molar-refractivity contribution in [2.45, 2.75) is 13.5 Å². The molecular weight excluding hydrogens is 264 g/mol. The van der Waals surface area contributed by atoms with Crippen LogP contribution < -0.4 is 14.9 Å². The lowest BCUT2D eigenvalue weighted by Gasteiger charge is -2.05. The number of H-pyrrole nitrogens is 1. The lowest BCUT2D eigenvalue weighted by molar-refractivity contribution is 0.0954. The van der Waals surface area contributed by atoms with Gasteiger partial charge in [0.1, 0.15) is 10.6 Å². The number of thiazole rings is 1. The zero-order valence-corrected chi connectivity index (χ0v) is 11.5. The third kappa shape index (κ3) is 3.23. The van der Waals surface area contributed by atoms with Gasteiger partial charge in [-0.1, -0.05) is 23.5 Å². The summed E-state index contributed by atoms with van der Waals surface area (Å²) in [5.74, 6) is 0.534. The van der Waals surface area contributed by atoms with Crippen LogP contribution in [-0.2, 0) is 6.54 Å². The summed E-state index contributed by atoms with van der Waals surface area (Å²) in [4.78, 5) is 25.8. The molecule has 0 bridgehead atoms. The average molecular weight is 278 g/mol. The highest BCUT2D eigenvalue weighted by Gasteiger charge is 2.12. The van der Waals surface area contributed by atoms with Crippen LogP contribution in [-0.4, -0.2) is 18.0 Å². The number of carbonyl (C=O) groups is 1. The third-order valence-corrected chi connectivity index (χ3v) is 3.63. The molecule has 6 heteroatoms. The first-order chi connectivity index (χ1) is 9.10. The molecule has 0 saturated heterocycles.